The molecule has 0 fully saturated rings. The predicted octanol–water partition coefficient (Wildman–Crippen LogP) is 5.17. The second-order valence-electron chi connectivity index (χ2n) is 5.65. The Kier molecular flexibility index (Phi) is 6.13. The van der Waals surface area contributed by atoms with Crippen molar-refractivity contribution in [3.05, 3.63) is 69.1 Å². The quantitative estimate of drug-likeness (QED) is 0.499. The first-order valence-corrected chi connectivity index (χ1v) is 9.55. The Labute approximate surface area is 172 Å². The van der Waals surface area contributed by atoms with Gasteiger partial charge in [0, 0.05) is 8.95 Å². The van der Waals surface area contributed by atoms with E-state index in [1.807, 2.05) is 30.3 Å². The molecule has 5 nitrogen and oxygen atoms in total. The smallest absolute Gasteiger partial charge is 0.342 e. The van der Waals surface area contributed by atoms with Gasteiger partial charge in [-0.1, -0.05) is 40.2 Å². The second-order valence-corrected chi connectivity index (χ2v) is 7.42. The van der Waals surface area contributed by atoms with Crippen LogP contribution in [0, 0.1) is 0 Å². The zero-order valence-corrected chi connectivity index (χ0v) is 17.5. The maximum absolute atomic E-state index is 12.4. The molecule has 0 radical (unpaired) electrons. The van der Waals surface area contributed by atoms with E-state index in [2.05, 4.69) is 37.2 Å². The van der Waals surface area contributed by atoms with Crippen LogP contribution in [0.15, 0.2) is 63.5 Å². The van der Waals surface area contributed by atoms with Gasteiger partial charge in [0.25, 0.3) is 5.91 Å². The summed E-state index contributed by atoms with van der Waals surface area (Å²) in [6.07, 6.45) is 0. The van der Waals surface area contributed by atoms with Gasteiger partial charge in [-0.15, -0.1) is 0 Å². The molecule has 138 valence electrons. The van der Waals surface area contributed by atoms with E-state index in [0.29, 0.717) is 15.9 Å². The number of rotatable bonds is 5. The molecule has 0 unspecified atom stereocenters. The Balaban J connectivity index is 1.70. The van der Waals surface area contributed by atoms with Crippen molar-refractivity contribution in [3.8, 4) is 5.75 Å². The van der Waals surface area contributed by atoms with Crippen molar-refractivity contribution in [2.24, 2.45) is 0 Å². The molecule has 0 aliphatic heterocycles. The highest BCUT2D eigenvalue weighted by Crippen LogP contribution is 2.27. The number of halogens is 2. The molecule has 7 heteroatoms. The number of benzene rings is 3. The van der Waals surface area contributed by atoms with Crippen LogP contribution in [0.2, 0.25) is 0 Å². The minimum atomic E-state index is -0.623. The molecule has 3 aromatic carbocycles. The van der Waals surface area contributed by atoms with Gasteiger partial charge in [0.15, 0.2) is 6.61 Å². The number of nitrogens with one attached hydrogen (secondary N) is 1. The average molecular weight is 493 g/mol. The van der Waals surface area contributed by atoms with Crippen LogP contribution in [0.1, 0.15) is 10.4 Å². The highest BCUT2D eigenvalue weighted by Gasteiger charge is 2.17. The van der Waals surface area contributed by atoms with E-state index < -0.39 is 18.5 Å². The number of carbonyl (C=O) groups is 2. The third-order valence-corrected chi connectivity index (χ3v) is 4.98. The van der Waals surface area contributed by atoms with Crippen molar-refractivity contribution in [2.45, 2.75) is 0 Å². The van der Waals surface area contributed by atoms with E-state index >= 15 is 0 Å². The predicted molar refractivity (Wildman–Crippen MR) is 111 cm³/mol. The van der Waals surface area contributed by atoms with Crippen molar-refractivity contribution in [2.75, 3.05) is 19.0 Å². The van der Waals surface area contributed by atoms with E-state index in [1.165, 1.54) is 7.11 Å². The van der Waals surface area contributed by atoms with Gasteiger partial charge in [0.2, 0.25) is 0 Å². The number of carbonyl (C=O) groups excluding carboxylic acids is 2. The summed E-state index contributed by atoms with van der Waals surface area (Å²) in [5.41, 5.74) is 0.858. The van der Waals surface area contributed by atoms with Gasteiger partial charge >= 0.3 is 5.97 Å². The maximum Gasteiger partial charge on any atom is 0.342 e. The normalized spacial score (nSPS) is 10.5. The fourth-order valence-corrected chi connectivity index (χ4v) is 3.68. The third kappa shape index (κ3) is 4.67. The molecular formula is C20H15Br2NO4. The van der Waals surface area contributed by atoms with Gasteiger partial charge < -0.3 is 14.8 Å². The average Bonchev–Trinajstić information content (AvgIpc) is 2.67. The minimum absolute atomic E-state index is 0.272. The number of amides is 1. The van der Waals surface area contributed by atoms with Crippen LogP contribution in [0.4, 0.5) is 5.69 Å². The molecule has 0 aliphatic rings. The van der Waals surface area contributed by atoms with E-state index in [0.717, 1.165) is 15.2 Å². The Bertz CT molecular complexity index is 1020. The van der Waals surface area contributed by atoms with E-state index in [1.54, 1.807) is 24.3 Å². The van der Waals surface area contributed by atoms with Gasteiger partial charge in [-0.05, 0) is 57.0 Å². The summed E-state index contributed by atoms with van der Waals surface area (Å²) in [5, 5.41) is 4.52. The Hall–Kier alpha value is -2.38. The Morgan fingerprint density at radius 3 is 2.37 bits per heavy atom. The summed E-state index contributed by atoms with van der Waals surface area (Å²) in [4.78, 5) is 24.5. The zero-order chi connectivity index (χ0) is 19.4. The first-order chi connectivity index (χ1) is 13.0. The van der Waals surface area contributed by atoms with Crippen LogP contribution in [0.5, 0.6) is 5.75 Å². The molecule has 0 heterocycles. The molecule has 0 aromatic heterocycles. The fourth-order valence-electron chi connectivity index (χ4n) is 2.53. The lowest BCUT2D eigenvalue weighted by molar-refractivity contribution is -0.119. The summed E-state index contributed by atoms with van der Waals surface area (Å²) in [6.45, 7) is -0.405. The Morgan fingerprint density at radius 1 is 1.00 bits per heavy atom. The largest absolute Gasteiger partial charge is 0.496 e. The topological polar surface area (TPSA) is 64.6 Å². The van der Waals surface area contributed by atoms with Crippen LogP contribution >= 0.6 is 31.9 Å². The summed E-state index contributed by atoms with van der Waals surface area (Å²) in [7, 11) is 1.48. The first-order valence-electron chi connectivity index (χ1n) is 7.97. The van der Waals surface area contributed by atoms with Crippen molar-refractivity contribution in [1.29, 1.82) is 0 Å². The number of hydrogen-bond acceptors (Lipinski definition) is 4. The number of fused-ring (bicyclic) bond motifs is 1. The molecular weight excluding hydrogens is 478 g/mol. The van der Waals surface area contributed by atoms with Crippen molar-refractivity contribution in [3.63, 3.8) is 0 Å². The highest BCUT2D eigenvalue weighted by atomic mass is 79.9. The van der Waals surface area contributed by atoms with Gasteiger partial charge in [-0.25, -0.2) is 4.79 Å². The molecule has 3 aromatic rings. The molecule has 0 atom stereocenters. The molecule has 0 bridgehead atoms. The second kappa shape index (κ2) is 8.54. The van der Waals surface area contributed by atoms with Gasteiger partial charge in [0.05, 0.1) is 12.8 Å². The lowest BCUT2D eigenvalue weighted by Gasteiger charge is -2.11. The standard InChI is InChI=1S/C20H15Br2NO4/c1-26-18-9-13-5-3-2-4-12(13)8-15(18)20(25)27-11-19(24)23-17-7-6-14(21)10-16(17)22/h2-10H,11H2,1H3,(H,23,24). The summed E-state index contributed by atoms with van der Waals surface area (Å²) in [6, 6.07) is 16.4. The third-order valence-electron chi connectivity index (χ3n) is 3.83. The minimum Gasteiger partial charge on any atom is -0.496 e. The van der Waals surface area contributed by atoms with Gasteiger partial charge in [-0.3, -0.25) is 4.79 Å². The molecule has 1 N–H and O–H groups in total. The maximum atomic E-state index is 12.4. The summed E-state index contributed by atoms with van der Waals surface area (Å²) in [5.74, 6) is -0.663. The molecule has 1 amide bonds. The summed E-state index contributed by atoms with van der Waals surface area (Å²) >= 11 is 6.71. The number of anilines is 1. The number of esters is 1. The van der Waals surface area contributed by atoms with E-state index in [9.17, 15) is 9.59 Å². The van der Waals surface area contributed by atoms with Crippen LogP contribution in [0.3, 0.4) is 0 Å². The summed E-state index contributed by atoms with van der Waals surface area (Å²) < 4.78 is 12.0. The fraction of sp³-hybridized carbons (Fsp3) is 0.100. The van der Waals surface area contributed by atoms with Gasteiger partial charge in [-0.2, -0.15) is 0 Å². The highest BCUT2D eigenvalue weighted by molar-refractivity contribution is 9.11. The van der Waals surface area contributed by atoms with E-state index in [4.69, 9.17) is 9.47 Å². The molecule has 27 heavy (non-hydrogen) atoms. The first kappa shape index (κ1) is 19.4. The van der Waals surface area contributed by atoms with Crippen molar-refractivity contribution < 1.29 is 19.1 Å². The van der Waals surface area contributed by atoms with E-state index in [-0.39, 0.29) is 5.56 Å². The van der Waals surface area contributed by atoms with Crippen LogP contribution < -0.4 is 10.1 Å². The van der Waals surface area contributed by atoms with Crippen LogP contribution in [0.25, 0.3) is 10.8 Å². The number of methoxy groups -OCH3 is 1. The van der Waals surface area contributed by atoms with Crippen LogP contribution in [-0.2, 0) is 9.53 Å². The molecule has 0 aliphatic carbocycles. The lowest BCUT2D eigenvalue weighted by atomic mass is 10.1. The zero-order valence-electron chi connectivity index (χ0n) is 14.3. The monoisotopic (exact) mass is 491 g/mol. The number of ether oxygens (including phenoxy) is 2. The van der Waals surface area contributed by atoms with Crippen molar-refractivity contribution >= 4 is 60.2 Å². The van der Waals surface area contributed by atoms with Gasteiger partial charge in [0.1, 0.15) is 11.3 Å². The SMILES string of the molecule is COc1cc2ccccc2cc1C(=O)OCC(=O)Nc1ccc(Br)cc1Br. The van der Waals surface area contributed by atoms with Crippen LogP contribution in [-0.4, -0.2) is 25.6 Å². The molecule has 0 saturated heterocycles. The lowest BCUT2D eigenvalue weighted by Crippen LogP contribution is -2.21. The van der Waals surface area contributed by atoms with Crippen molar-refractivity contribution in [1.82, 2.24) is 0 Å². The molecule has 0 spiro atoms. The Morgan fingerprint density at radius 2 is 1.70 bits per heavy atom. The molecule has 0 saturated carbocycles. The molecule has 3 rings (SSSR count). The number of hydrogen-bond donors (Lipinski definition) is 1.